The van der Waals surface area contributed by atoms with Gasteiger partial charge in [-0.3, -0.25) is 4.90 Å². The van der Waals surface area contributed by atoms with E-state index >= 15 is 0 Å². The zero-order valence-electron chi connectivity index (χ0n) is 13.5. The minimum atomic E-state index is -0.704. The predicted octanol–water partition coefficient (Wildman–Crippen LogP) is 2.41. The summed E-state index contributed by atoms with van der Waals surface area (Å²) in [5.74, 6) is 0.419. The number of hydrogen-bond donors (Lipinski definition) is 1. The van der Waals surface area contributed by atoms with Gasteiger partial charge < -0.3 is 9.84 Å². The Balaban J connectivity index is 2.06. The molecular weight excluding hydrogens is 286 g/mol. The Kier molecular flexibility index (Phi) is 5.71. The topological polar surface area (TPSA) is 58.5 Å². The van der Waals surface area contributed by atoms with Crippen LogP contribution in [0.3, 0.4) is 0 Å². The molecule has 21 heavy (non-hydrogen) atoms. The maximum absolute atomic E-state index is 10.2. The standard InChI is InChI=1S/C15H27N3O2S/c1-11(2)14-17-16-13(21-14)9-18(10-15(3,4)19)12-5-7-20-8-6-12/h11-12,19H,5-10H2,1-4H3. The van der Waals surface area contributed by atoms with Gasteiger partial charge in [-0.1, -0.05) is 25.2 Å². The molecule has 1 fully saturated rings. The van der Waals surface area contributed by atoms with Gasteiger partial charge in [0, 0.05) is 31.7 Å². The van der Waals surface area contributed by atoms with E-state index in [4.69, 9.17) is 4.74 Å². The summed E-state index contributed by atoms with van der Waals surface area (Å²) in [6, 6.07) is 0.455. The number of rotatable bonds is 6. The molecule has 6 heteroatoms. The van der Waals surface area contributed by atoms with Crippen molar-refractivity contribution in [2.75, 3.05) is 19.8 Å². The van der Waals surface area contributed by atoms with Gasteiger partial charge in [0.2, 0.25) is 0 Å². The van der Waals surface area contributed by atoms with Crippen molar-refractivity contribution in [3.05, 3.63) is 10.0 Å². The third-order valence-corrected chi connectivity index (χ3v) is 4.82. The Bertz CT molecular complexity index is 436. The lowest BCUT2D eigenvalue weighted by atomic mass is 10.0. The number of ether oxygens (including phenoxy) is 1. The second kappa shape index (κ2) is 7.13. The molecule has 0 atom stereocenters. The summed E-state index contributed by atoms with van der Waals surface area (Å²) >= 11 is 1.68. The molecule has 0 unspecified atom stereocenters. The molecule has 2 heterocycles. The molecule has 1 saturated heterocycles. The molecule has 0 amide bonds. The molecule has 120 valence electrons. The van der Waals surface area contributed by atoms with E-state index in [-0.39, 0.29) is 0 Å². The van der Waals surface area contributed by atoms with Crippen molar-refractivity contribution in [2.24, 2.45) is 0 Å². The van der Waals surface area contributed by atoms with Gasteiger partial charge in [0.15, 0.2) is 0 Å². The van der Waals surface area contributed by atoms with Crippen LogP contribution in [0.4, 0.5) is 0 Å². The van der Waals surface area contributed by atoms with E-state index in [1.165, 1.54) is 0 Å². The molecular formula is C15H27N3O2S. The van der Waals surface area contributed by atoms with Crippen molar-refractivity contribution in [1.29, 1.82) is 0 Å². The molecule has 2 rings (SSSR count). The fourth-order valence-electron chi connectivity index (χ4n) is 2.60. The van der Waals surface area contributed by atoms with E-state index in [1.807, 2.05) is 13.8 Å². The van der Waals surface area contributed by atoms with Crippen molar-refractivity contribution < 1.29 is 9.84 Å². The summed E-state index contributed by atoms with van der Waals surface area (Å²) in [4.78, 5) is 2.34. The van der Waals surface area contributed by atoms with Gasteiger partial charge >= 0.3 is 0 Å². The smallest absolute Gasteiger partial charge is 0.131 e. The first-order valence-electron chi connectivity index (χ1n) is 7.71. The molecule has 0 radical (unpaired) electrons. The predicted molar refractivity (Wildman–Crippen MR) is 84.5 cm³/mol. The second-order valence-corrected chi connectivity index (χ2v) is 7.84. The Hall–Kier alpha value is -0.560. The largest absolute Gasteiger partial charge is 0.389 e. The van der Waals surface area contributed by atoms with Crippen LogP contribution in [0.1, 0.15) is 56.5 Å². The van der Waals surface area contributed by atoms with Gasteiger partial charge in [-0.25, -0.2) is 0 Å². The molecule has 1 aromatic heterocycles. The quantitative estimate of drug-likeness (QED) is 0.874. The molecule has 0 spiro atoms. The van der Waals surface area contributed by atoms with Crippen LogP contribution in [0.2, 0.25) is 0 Å². The number of nitrogens with zero attached hydrogens (tertiary/aromatic N) is 3. The fraction of sp³-hybridized carbons (Fsp3) is 0.867. The zero-order valence-corrected chi connectivity index (χ0v) is 14.3. The summed E-state index contributed by atoms with van der Waals surface area (Å²) in [5.41, 5.74) is -0.704. The molecule has 0 aliphatic carbocycles. The third-order valence-electron chi connectivity index (χ3n) is 3.61. The molecule has 1 aliphatic rings. The van der Waals surface area contributed by atoms with Crippen LogP contribution in [-0.2, 0) is 11.3 Å². The van der Waals surface area contributed by atoms with Crippen LogP contribution in [0.25, 0.3) is 0 Å². The number of hydrogen-bond acceptors (Lipinski definition) is 6. The van der Waals surface area contributed by atoms with Gasteiger partial charge in [-0.2, -0.15) is 0 Å². The van der Waals surface area contributed by atoms with Crippen molar-refractivity contribution in [1.82, 2.24) is 15.1 Å². The van der Waals surface area contributed by atoms with Crippen molar-refractivity contribution >= 4 is 11.3 Å². The van der Waals surface area contributed by atoms with Crippen molar-refractivity contribution in [2.45, 2.75) is 64.6 Å². The first kappa shape index (κ1) is 16.8. The van der Waals surface area contributed by atoms with Gasteiger partial charge in [-0.05, 0) is 26.7 Å². The maximum atomic E-state index is 10.2. The van der Waals surface area contributed by atoms with E-state index in [0.29, 0.717) is 18.5 Å². The average molecular weight is 313 g/mol. The first-order chi connectivity index (χ1) is 9.85. The second-order valence-electron chi connectivity index (χ2n) is 6.75. The lowest BCUT2D eigenvalue weighted by molar-refractivity contribution is -0.0168. The van der Waals surface area contributed by atoms with Gasteiger partial charge in [0.05, 0.1) is 12.1 Å². The van der Waals surface area contributed by atoms with Crippen LogP contribution < -0.4 is 0 Å². The Morgan fingerprint density at radius 3 is 2.52 bits per heavy atom. The first-order valence-corrected chi connectivity index (χ1v) is 8.53. The highest BCUT2D eigenvalue weighted by molar-refractivity contribution is 7.11. The maximum Gasteiger partial charge on any atom is 0.131 e. The minimum Gasteiger partial charge on any atom is -0.389 e. The van der Waals surface area contributed by atoms with E-state index < -0.39 is 5.60 Å². The molecule has 1 aliphatic heterocycles. The van der Waals surface area contributed by atoms with E-state index in [2.05, 4.69) is 28.9 Å². The Labute approximate surface area is 131 Å². The van der Waals surface area contributed by atoms with Crippen molar-refractivity contribution in [3.8, 4) is 0 Å². The Morgan fingerprint density at radius 2 is 2.00 bits per heavy atom. The lowest BCUT2D eigenvalue weighted by Gasteiger charge is -2.37. The van der Waals surface area contributed by atoms with Gasteiger partial charge in [-0.15, -0.1) is 10.2 Å². The molecule has 0 bridgehead atoms. The highest BCUT2D eigenvalue weighted by Gasteiger charge is 2.27. The average Bonchev–Trinajstić information content (AvgIpc) is 2.86. The summed E-state index contributed by atoms with van der Waals surface area (Å²) in [5, 5.41) is 20.9. The molecule has 0 aromatic carbocycles. The molecule has 0 saturated carbocycles. The van der Waals surface area contributed by atoms with Crippen LogP contribution in [0.5, 0.6) is 0 Å². The lowest BCUT2D eigenvalue weighted by Crippen LogP contribution is -2.46. The highest BCUT2D eigenvalue weighted by Crippen LogP contribution is 2.24. The highest BCUT2D eigenvalue weighted by atomic mass is 32.1. The molecule has 5 nitrogen and oxygen atoms in total. The van der Waals surface area contributed by atoms with Gasteiger partial charge in [0.1, 0.15) is 10.0 Å². The summed E-state index contributed by atoms with van der Waals surface area (Å²) in [6.45, 7) is 11.0. The summed E-state index contributed by atoms with van der Waals surface area (Å²) in [7, 11) is 0. The van der Waals surface area contributed by atoms with E-state index in [0.717, 1.165) is 42.6 Å². The molecule has 1 aromatic rings. The zero-order chi connectivity index (χ0) is 15.5. The monoisotopic (exact) mass is 313 g/mol. The fourth-order valence-corrected chi connectivity index (χ4v) is 3.47. The SMILES string of the molecule is CC(C)c1nnc(CN(CC(C)(C)O)C2CCOCC2)s1. The van der Waals surface area contributed by atoms with Crippen LogP contribution in [0.15, 0.2) is 0 Å². The van der Waals surface area contributed by atoms with Crippen LogP contribution in [0, 0.1) is 0 Å². The Morgan fingerprint density at radius 1 is 1.33 bits per heavy atom. The van der Waals surface area contributed by atoms with Crippen LogP contribution in [-0.4, -0.2) is 51.6 Å². The van der Waals surface area contributed by atoms with E-state index in [9.17, 15) is 5.11 Å². The van der Waals surface area contributed by atoms with E-state index in [1.54, 1.807) is 11.3 Å². The summed E-state index contributed by atoms with van der Waals surface area (Å²) in [6.07, 6.45) is 2.04. The third kappa shape index (κ3) is 5.29. The van der Waals surface area contributed by atoms with Crippen LogP contribution >= 0.6 is 11.3 Å². The minimum absolute atomic E-state index is 0.419. The number of aliphatic hydroxyl groups is 1. The van der Waals surface area contributed by atoms with Gasteiger partial charge in [0.25, 0.3) is 0 Å². The van der Waals surface area contributed by atoms with Crippen molar-refractivity contribution in [3.63, 3.8) is 0 Å². The number of aromatic nitrogens is 2. The molecule has 1 N–H and O–H groups in total. The summed E-state index contributed by atoms with van der Waals surface area (Å²) < 4.78 is 5.45. The normalized spacial score (nSPS) is 17.9.